The number of amides is 1. The first-order chi connectivity index (χ1) is 13.2. The predicted molar refractivity (Wildman–Crippen MR) is 103 cm³/mol. The van der Waals surface area contributed by atoms with Crippen molar-refractivity contribution < 1.29 is 14.0 Å². The molecule has 5 nitrogen and oxygen atoms in total. The van der Waals surface area contributed by atoms with Crippen LogP contribution in [0.1, 0.15) is 67.6 Å². The smallest absolute Gasteiger partial charge is 0.265 e. The molecule has 1 atom stereocenters. The van der Waals surface area contributed by atoms with E-state index in [1.165, 1.54) is 44.6 Å². The van der Waals surface area contributed by atoms with Crippen LogP contribution in [0.25, 0.3) is 0 Å². The zero-order chi connectivity index (χ0) is 18.9. The van der Waals surface area contributed by atoms with Crippen LogP contribution in [-0.4, -0.2) is 22.7 Å². The van der Waals surface area contributed by atoms with Gasteiger partial charge in [0.25, 0.3) is 5.89 Å². The Labute approximate surface area is 160 Å². The largest absolute Gasteiger partial charge is 0.442 e. The molecule has 0 aliphatic heterocycles. The summed E-state index contributed by atoms with van der Waals surface area (Å²) in [6, 6.07) is 9.36. The minimum atomic E-state index is -0.609. The number of carbonyl (C=O) groups excluding carboxylic acids is 2. The van der Waals surface area contributed by atoms with Crippen molar-refractivity contribution in [3.63, 3.8) is 0 Å². The van der Waals surface area contributed by atoms with Gasteiger partial charge in [0.05, 0.1) is 12.2 Å². The fraction of sp³-hybridized carbons (Fsp3) is 0.500. The highest BCUT2D eigenvalue weighted by molar-refractivity contribution is 5.98. The number of oxazole rings is 1. The molecule has 0 spiro atoms. The number of nitrogens with zero attached hydrogens (tertiary/aromatic N) is 1. The third-order valence-electron chi connectivity index (χ3n) is 5.36. The van der Waals surface area contributed by atoms with Crippen molar-refractivity contribution in [2.75, 3.05) is 0 Å². The van der Waals surface area contributed by atoms with Gasteiger partial charge < -0.3 is 9.73 Å². The number of nitrogens with one attached hydrogen (secondary N) is 1. The molecule has 1 heterocycles. The molecule has 144 valence electrons. The Bertz CT molecular complexity index is 706. The molecule has 0 saturated heterocycles. The third kappa shape index (κ3) is 6.05. The van der Waals surface area contributed by atoms with Gasteiger partial charge in [-0.2, -0.15) is 0 Å². The van der Waals surface area contributed by atoms with Crippen LogP contribution < -0.4 is 5.32 Å². The van der Waals surface area contributed by atoms with E-state index in [1.807, 2.05) is 30.3 Å². The highest BCUT2D eigenvalue weighted by atomic mass is 16.3. The molecule has 3 rings (SSSR count). The van der Waals surface area contributed by atoms with Crippen molar-refractivity contribution in [2.45, 2.75) is 63.8 Å². The second-order valence-corrected chi connectivity index (χ2v) is 7.39. The summed E-state index contributed by atoms with van der Waals surface area (Å²) >= 11 is 0. The van der Waals surface area contributed by atoms with Crippen LogP contribution in [0.3, 0.4) is 0 Å². The Morgan fingerprint density at radius 2 is 1.93 bits per heavy atom. The minimum absolute atomic E-state index is 0.0562. The first-order valence-electron chi connectivity index (χ1n) is 9.99. The van der Waals surface area contributed by atoms with Crippen molar-refractivity contribution >= 4 is 11.7 Å². The first kappa shape index (κ1) is 19.3. The molecular weight excluding hydrogens is 340 g/mol. The summed E-state index contributed by atoms with van der Waals surface area (Å²) in [5, 5.41) is 2.93. The van der Waals surface area contributed by atoms with Crippen molar-refractivity contribution in [3.05, 3.63) is 54.2 Å². The number of ketones is 1. The monoisotopic (exact) mass is 368 g/mol. The standard InChI is InChI=1S/C22H28N2O3/c25-20(14-12-18-9-5-2-6-10-18)24-19(21(26)22-23-15-16-27-22)13-11-17-7-3-1-4-8-17/h1,3-4,7-8,15-16,18-19H,2,5-6,9-14H2,(H,24,25)/t19-/m0/s1. The quantitative estimate of drug-likeness (QED) is 0.669. The van der Waals surface area contributed by atoms with E-state index in [-0.39, 0.29) is 17.6 Å². The SMILES string of the molecule is O=C(CCC1CCCCC1)N[C@@H](CCc1ccccc1)C(=O)c1ncco1. The number of carbonyl (C=O) groups is 2. The van der Waals surface area contributed by atoms with Gasteiger partial charge in [-0.05, 0) is 30.7 Å². The molecule has 1 N–H and O–H groups in total. The molecule has 1 fully saturated rings. The molecule has 1 saturated carbocycles. The van der Waals surface area contributed by atoms with Gasteiger partial charge >= 0.3 is 0 Å². The topological polar surface area (TPSA) is 72.2 Å². The van der Waals surface area contributed by atoms with Gasteiger partial charge in [-0.15, -0.1) is 0 Å². The number of aryl methyl sites for hydroxylation is 1. The van der Waals surface area contributed by atoms with E-state index in [9.17, 15) is 9.59 Å². The molecule has 5 heteroatoms. The zero-order valence-corrected chi connectivity index (χ0v) is 15.7. The number of hydrogen-bond acceptors (Lipinski definition) is 4. The first-order valence-corrected chi connectivity index (χ1v) is 9.99. The Balaban J connectivity index is 1.56. The maximum Gasteiger partial charge on any atom is 0.265 e. The van der Waals surface area contributed by atoms with Gasteiger partial charge in [-0.1, -0.05) is 62.4 Å². The molecule has 0 bridgehead atoms. The van der Waals surface area contributed by atoms with Gasteiger partial charge in [0.1, 0.15) is 6.26 Å². The Morgan fingerprint density at radius 3 is 2.63 bits per heavy atom. The Morgan fingerprint density at radius 1 is 1.15 bits per heavy atom. The summed E-state index contributed by atoms with van der Waals surface area (Å²) in [6.07, 6.45) is 11.8. The van der Waals surface area contributed by atoms with Gasteiger partial charge in [0, 0.05) is 6.42 Å². The van der Waals surface area contributed by atoms with Crippen molar-refractivity contribution in [3.8, 4) is 0 Å². The van der Waals surface area contributed by atoms with Crippen LogP contribution >= 0.6 is 0 Å². The summed E-state index contributed by atoms with van der Waals surface area (Å²) in [7, 11) is 0. The van der Waals surface area contributed by atoms with E-state index in [0.717, 1.165) is 12.0 Å². The molecule has 27 heavy (non-hydrogen) atoms. The summed E-state index contributed by atoms with van der Waals surface area (Å²) < 4.78 is 5.15. The number of hydrogen-bond donors (Lipinski definition) is 1. The molecule has 0 unspecified atom stereocenters. The molecule has 2 aromatic rings. The summed E-state index contributed by atoms with van der Waals surface area (Å²) in [5.41, 5.74) is 1.14. The van der Waals surface area contributed by atoms with E-state index in [1.54, 1.807) is 0 Å². The lowest BCUT2D eigenvalue weighted by molar-refractivity contribution is -0.122. The lowest BCUT2D eigenvalue weighted by atomic mass is 9.86. The fourth-order valence-electron chi connectivity index (χ4n) is 3.80. The van der Waals surface area contributed by atoms with Crippen LogP contribution in [0.15, 0.2) is 47.2 Å². The minimum Gasteiger partial charge on any atom is -0.442 e. The maximum absolute atomic E-state index is 12.7. The molecule has 1 aliphatic rings. The number of benzene rings is 1. The van der Waals surface area contributed by atoms with Crippen LogP contribution in [0.4, 0.5) is 0 Å². The van der Waals surface area contributed by atoms with Crippen LogP contribution in [0, 0.1) is 5.92 Å². The summed E-state index contributed by atoms with van der Waals surface area (Å²) in [6.45, 7) is 0. The van der Waals surface area contributed by atoms with Crippen LogP contribution in [0.2, 0.25) is 0 Å². The molecule has 1 amide bonds. The van der Waals surface area contributed by atoms with E-state index in [2.05, 4.69) is 10.3 Å². The number of Topliss-reactive ketones (excluding diaryl/α,β-unsaturated/α-hetero) is 1. The summed E-state index contributed by atoms with van der Waals surface area (Å²) in [4.78, 5) is 29.1. The Kier molecular flexibility index (Phi) is 7.19. The zero-order valence-electron chi connectivity index (χ0n) is 15.7. The van der Waals surface area contributed by atoms with E-state index < -0.39 is 6.04 Å². The molecule has 1 aromatic heterocycles. The summed E-state index contributed by atoms with van der Waals surface area (Å²) in [5.74, 6) is 0.385. The van der Waals surface area contributed by atoms with Gasteiger partial charge in [-0.3, -0.25) is 9.59 Å². The van der Waals surface area contributed by atoms with Crippen LogP contribution in [0.5, 0.6) is 0 Å². The van der Waals surface area contributed by atoms with Gasteiger partial charge in [-0.25, -0.2) is 4.98 Å². The predicted octanol–water partition coefficient (Wildman–Crippen LogP) is 4.34. The normalized spacial score (nSPS) is 16.0. The fourth-order valence-corrected chi connectivity index (χ4v) is 3.80. The van der Waals surface area contributed by atoms with Gasteiger partial charge in [0.15, 0.2) is 0 Å². The molecule has 1 aromatic carbocycles. The molecule has 1 aliphatic carbocycles. The van der Waals surface area contributed by atoms with E-state index >= 15 is 0 Å². The van der Waals surface area contributed by atoms with Gasteiger partial charge in [0.2, 0.25) is 11.7 Å². The molecule has 0 radical (unpaired) electrons. The average molecular weight is 368 g/mol. The lowest BCUT2D eigenvalue weighted by Crippen LogP contribution is -2.41. The second-order valence-electron chi connectivity index (χ2n) is 7.39. The van der Waals surface area contributed by atoms with Crippen molar-refractivity contribution in [1.82, 2.24) is 10.3 Å². The lowest BCUT2D eigenvalue weighted by Gasteiger charge is -2.22. The third-order valence-corrected chi connectivity index (χ3v) is 5.36. The Hall–Kier alpha value is -2.43. The highest BCUT2D eigenvalue weighted by Gasteiger charge is 2.25. The van der Waals surface area contributed by atoms with E-state index in [0.29, 0.717) is 25.2 Å². The van der Waals surface area contributed by atoms with E-state index in [4.69, 9.17) is 4.42 Å². The molecular formula is C22H28N2O3. The van der Waals surface area contributed by atoms with Crippen LogP contribution in [-0.2, 0) is 11.2 Å². The van der Waals surface area contributed by atoms with Crippen molar-refractivity contribution in [2.24, 2.45) is 5.92 Å². The number of aromatic nitrogens is 1. The number of rotatable bonds is 9. The second kappa shape index (κ2) is 10.0. The van der Waals surface area contributed by atoms with Crippen molar-refractivity contribution in [1.29, 1.82) is 0 Å². The average Bonchev–Trinajstić information content (AvgIpc) is 3.25. The maximum atomic E-state index is 12.7. The highest BCUT2D eigenvalue weighted by Crippen LogP contribution is 2.27.